The lowest BCUT2D eigenvalue weighted by atomic mass is 10.1. The van der Waals surface area contributed by atoms with E-state index in [9.17, 15) is 9.59 Å². The number of carbonyl (C=O) groups excluding carboxylic acids is 1. The number of Topliss-reactive ketones (excluding diaryl/α,β-unsaturated/α-hetero) is 1. The van der Waals surface area contributed by atoms with Gasteiger partial charge in [0.05, 0.1) is 0 Å². The fourth-order valence-corrected chi connectivity index (χ4v) is 2.98. The van der Waals surface area contributed by atoms with E-state index in [-0.39, 0.29) is 11.3 Å². The first kappa shape index (κ1) is 28.3. The van der Waals surface area contributed by atoms with Crippen LogP contribution in [-0.2, 0) is 4.79 Å². The molecule has 0 saturated heterocycles. The Morgan fingerprint density at radius 2 is 1.45 bits per heavy atom. The van der Waals surface area contributed by atoms with Gasteiger partial charge in [-0.15, -0.1) is 0 Å². The van der Waals surface area contributed by atoms with Crippen LogP contribution in [0.1, 0.15) is 94.4 Å². The maximum absolute atomic E-state index is 12.2. The van der Waals surface area contributed by atoms with Crippen molar-refractivity contribution in [2.45, 2.75) is 78.1 Å². The summed E-state index contributed by atoms with van der Waals surface area (Å²) in [5.74, 6) is -0.313. The van der Waals surface area contributed by atoms with Crippen LogP contribution in [0.2, 0.25) is 0 Å². The molecule has 172 valence electrons. The highest BCUT2D eigenvalue weighted by atomic mass is 16.4. The lowest BCUT2D eigenvalue weighted by molar-refractivity contribution is -0.131. The van der Waals surface area contributed by atoms with Gasteiger partial charge in [0.15, 0.2) is 11.5 Å². The highest BCUT2D eigenvalue weighted by Gasteiger charge is 2.12. The van der Waals surface area contributed by atoms with E-state index < -0.39 is 5.97 Å². The average Bonchev–Trinajstić information content (AvgIpc) is 3.21. The van der Waals surface area contributed by atoms with E-state index >= 15 is 0 Å². The molecule has 5 heteroatoms. The summed E-state index contributed by atoms with van der Waals surface area (Å²) in [5, 5.41) is 8.77. The number of rotatable bonds is 16. The number of unbranched alkanes of at least 4 members (excludes halogenated alkanes) is 5. The topological polar surface area (TPSA) is 99.0 Å². The fourth-order valence-electron chi connectivity index (χ4n) is 2.98. The molecule has 1 heterocycles. The van der Waals surface area contributed by atoms with Gasteiger partial charge in [-0.1, -0.05) is 62.6 Å². The molecule has 31 heavy (non-hydrogen) atoms. The van der Waals surface area contributed by atoms with Gasteiger partial charge >= 0.3 is 5.97 Å². The zero-order valence-electron chi connectivity index (χ0n) is 18.9. The zero-order valence-corrected chi connectivity index (χ0v) is 18.9. The van der Waals surface area contributed by atoms with E-state index in [0.717, 1.165) is 51.0 Å². The Balaban J connectivity index is 0.00000900. The largest absolute Gasteiger partial charge is 0.478 e. The maximum Gasteiger partial charge on any atom is 0.328 e. The number of carboxylic acids is 1. The third-order valence-corrected chi connectivity index (χ3v) is 4.66. The monoisotopic (exact) mass is 430 g/mol. The van der Waals surface area contributed by atoms with Crippen LogP contribution in [-0.4, -0.2) is 22.3 Å². The standard InChI is InChI=1S/C26H36O4.H2O/c1-3-4-5-6-7-8-9-10-11-12-13-14-15-16-17-18-23(27)25-20-19-24(30-25)22(2)21-26(28)29;/h4-5,7-8,10-11,19-21H,3,6,9,12-18H2,1-2H3,(H,28,29);1H2. The van der Waals surface area contributed by atoms with Crippen LogP contribution in [0.3, 0.4) is 0 Å². The third kappa shape index (κ3) is 14.1. The van der Waals surface area contributed by atoms with Gasteiger partial charge in [0, 0.05) is 12.5 Å². The van der Waals surface area contributed by atoms with Gasteiger partial charge in [-0.05, 0) is 63.2 Å². The molecule has 0 atom stereocenters. The molecule has 1 aromatic rings. The first-order chi connectivity index (χ1) is 14.5. The quantitative estimate of drug-likeness (QED) is 0.136. The number of hydrogen-bond donors (Lipinski definition) is 1. The minimum Gasteiger partial charge on any atom is -0.478 e. The molecule has 0 fully saturated rings. The van der Waals surface area contributed by atoms with Gasteiger partial charge in [-0.3, -0.25) is 4.79 Å². The number of aliphatic carboxylic acids is 1. The van der Waals surface area contributed by atoms with Crippen molar-refractivity contribution in [2.75, 3.05) is 0 Å². The second-order valence-electron chi connectivity index (χ2n) is 7.35. The van der Waals surface area contributed by atoms with E-state index in [1.807, 2.05) is 0 Å². The van der Waals surface area contributed by atoms with Crippen molar-refractivity contribution in [3.05, 3.63) is 66.2 Å². The van der Waals surface area contributed by atoms with Crippen LogP contribution in [0.4, 0.5) is 0 Å². The van der Waals surface area contributed by atoms with Crippen molar-refractivity contribution < 1.29 is 24.6 Å². The van der Waals surface area contributed by atoms with Crippen molar-refractivity contribution >= 4 is 17.3 Å². The number of ketones is 1. The summed E-state index contributed by atoms with van der Waals surface area (Å²) in [6.07, 6.45) is 24.4. The predicted octanol–water partition coefficient (Wildman–Crippen LogP) is 6.72. The molecule has 0 aliphatic rings. The molecular weight excluding hydrogens is 392 g/mol. The number of hydrogen-bond acceptors (Lipinski definition) is 3. The zero-order chi connectivity index (χ0) is 22.0. The van der Waals surface area contributed by atoms with E-state index in [2.05, 4.69) is 43.4 Å². The second kappa shape index (κ2) is 18.1. The molecular formula is C26H38O5. The van der Waals surface area contributed by atoms with E-state index in [1.165, 1.54) is 12.8 Å². The Labute approximate surface area is 186 Å². The number of furan rings is 1. The number of carboxylic acid groups (broad SMARTS) is 1. The first-order valence-corrected chi connectivity index (χ1v) is 11.0. The molecule has 0 unspecified atom stereocenters. The SMILES string of the molecule is CCC=CCC=CCC=CCCCCCCCC(=O)c1ccc(C(C)=CC(=O)O)o1.O. The summed E-state index contributed by atoms with van der Waals surface area (Å²) in [4.78, 5) is 22.9. The molecule has 0 aliphatic carbocycles. The van der Waals surface area contributed by atoms with Crippen LogP contribution in [0.25, 0.3) is 5.57 Å². The Morgan fingerprint density at radius 1 is 0.871 bits per heavy atom. The summed E-state index contributed by atoms with van der Waals surface area (Å²) >= 11 is 0. The Hall–Kier alpha value is -2.66. The summed E-state index contributed by atoms with van der Waals surface area (Å²) in [6, 6.07) is 3.27. The molecule has 0 spiro atoms. The van der Waals surface area contributed by atoms with Gasteiger partial charge in [0.2, 0.25) is 0 Å². The van der Waals surface area contributed by atoms with Gasteiger partial charge in [-0.25, -0.2) is 4.79 Å². The summed E-state index contributed by atoms with van der Waals surface area (Å²) in [6.45, 7) is 3.80. The lowest BCUT2D eigenvalue weighted by Crippen LogP contribution is -1.97. The smallest absolute Gasteiger partial charge is 0.328 e. The molecule has 5 nitrogen and oxygen atoms in total. The minimum atomic E-state index is -1.03. The minimum absolute atomic E-state index is 0. The molecule has 0 saturated carbocycles. The fraction of sp³-hybridized carbons (Fsp3) is 0.462. The van der Waals surface area contributed by atoms with Crippen molar-refractivity contribution in [3.63, 3.8) is 0 Å². The molecule has 3 N–H and O–H groups in total. The van der Waals surface area contributed by atoms with Gasteiger partial charge in [-0.2, -0.15) is 0 Å². The third-order valence-electron chi connectivity index (χ3n) is 4.66. The Bertz CT molecular complexity index is 750. The van der Waals surface area contributed by atoms with Gasteiger partial charge < -0.3 is 15.0 Å². The van der Waals surface area contributed by atoms with Crippen molar-refractivity contribution in [1.29, 1.82) is 0 Å². The normalized spacial score (nSPS) is 12.1. The highest BCUT2D eigenvalue weighted by Crippen LogP contribution is 2.19. The molecule has 0 aliphatic heterocycles. The van der Waals surface area contributed by atoms with E-state index in [0.29, 0.717) is 23.5 Å². The molecule has 0 aromatic carbocycles. The van der Waals surface area contributed by atoms with Crippen LogP contribution in [0, 0.1) is 0 Å². The molecule has 0 bridgehead atoms. The van der Waals surface area contributed by atoms with Crippen LogP contribution >= 0.6 is 0 Å². The summed E-state index contributed by atoms with van der Waals surface area (Å²) in [5.41, 5.74) is 0.496. The van der Waals surface area contributed by atoms with E-state index in [4.69, 9.17) is 9.52 Å². The van der Waals surface area contributed by atoms with Gasteiger partial charge in [0.25, 0.3) is 0 Å². The van der Waals surface area contributed by atoms with E-state index in [1.54, 1.807) is 19.1 Å². The lowest BCUT2D eigenvalue weighted by Gasteiger charge is -2.00. The predicted molar refractivity (Wildman–Crippen MR) is 127 cm³/mol. The highest BCUT2D eigenvalue weighted by molar-refractivity contribution is 5.94. The second-order valence-corrected chi connectivity index (χ2v) is 7.35. The summed E-state index contributed by atoms with van der Waals surface area (Å²) in [7, 11) is 0. The maximum atomic E-state index is 12.2. The average molecular weight is 431 g/mol. The van der Waals surface area contributed by atoms with Crippen LogP contribution in [0.5, 0.6) is 0 Å². The molecule has 0 radical (unpaired) electrons. The Kier molecular flexibility index (Phi) is 16.6. The van der Waals surface area contributed by atoms with Crippen molar-refractivity contribution in [2.24, 2.45) is 0 Å². The Morgan fingerprint density at radius 3 is 2.13 bits per heavy atom. The van der Waals surface area contributed by atoms with Gasteiger partial charge in [0.1, 0.15) is 5.76 Å². The molecule has 1 rings (SSSR count). The van der Waals surface area contributed by atoms with Crippen LogP contribution < -0.4 is 0 Å². The van der Waals surface area contributed by atoms with Crippen LogP contribution in [0.15, 0.2) is 59.1 Å². The number of carbonyl (C=O) groups is 2. The number of allylic oxidation sites excluding steroid dienone is 7. The van der Waals surface area contributed by atoms with Crippen molar-refractivity contribution in [3.8, 4) is 0 Å². The molecule has 0 amide bonds. The molecule has 1 aromatic heterocycles. The van der Waals surface area contributed by atoms with Crippen molar-refractivity contribution in [1.82, 2.24) is 0 Å². The first-order valence-electron chi connectivity index (χ1n) is 11.0. The summed E-state index contributed by atoms with van der Waals surface area (Å²) < 4.78 is 5.49.